The lowest BCUT2D eigenvalue weighted by molar-refractivity contribution is -0.137. The van der Waals surface area contributed by atoms with Gasteiger partial charge in [0.25, 0.3) is 5.91 Å². The summed E-state index contributed by atoms with van der Waals surface area (Å²) in [6.45, 7) is 7.56. The van der Waals surface area contributed by atoms with Crippen LogP contribution >= 0.6 is 12.4 Å². The Morgan fingerprint density at radius 3 is 2.33 bits per heavy atom. The van der Waals surface area contributed by atoms with Crippen molar-refractivity contribution in [1.82, 2.24) is 20.1 Å². The number of nitrogens with two attached hydrogens (primary N) is 1. The molecule has 0 unspecified atom stereocenters. The molecule has 6 nitrogen and oxygen atoms in total. The smallest absolute Gasteiger partial charge is 0.350 e. The summed E-state index contributed by atoms with van der Waals surface area (Å²) in [4.78, 5) is 16.3. The highest BCUT2D eigenvalue weighted by molar-refractivity contribution is 5.95. The van der Waals surface area contributed by atoms with Gasteiger partial charge in [-0.15, -0.1) is 12.4 Å². The molecule has 150 valence electrons. The summed E-state index contributed by atoms with van der Waals surface area (Å²) in [7, 11) is 0. The molecule has 0 aliphatic rings. The SMILES string of the molecule is CC(C)c1c(C(=O)NCC(C)(C)N)cnn1-c1ccc(C(F)(F)F)cn1.Cl. The zero-order valence-electron chi connectivity index (χ0n) is 15.5. The Labute approximate surface area is 161 Å². The molecule has 2 rings (SSSR count). The molecule has 0 aromatic carbocycles. The normalized spacial score (nSPS) is 12.0. The monoisotopic (exact) mass is 405 g/mol. The van der Waals surface area contributed by atoms with Gasteiger partial charge in [-0.1, -0.05) is 13.8 Å². The van der Waals surface area contributed by atoms with E-state index in [1.807, 2.05) is 13.8 Å². The van der Waals surface area contributed by atoms with Crippen LogP contribution in [0.3, 0.4) is 0 Å². The molecule has 10 heteroatoms. The molecule has 0 spiro atoms. The number of aromatic nitrogens is 3. The Kier molecular flexibility index (Phi) is 7.01. The van der Waals surface area contributed by atoms with Crippen LogP contribution in [0, 0.1) is 0 Å². The second-order valence-corrected chi connectivity index (χ2v) is 7.08. The molecule has 0 aliphatic carbocycles. The first-order valence-corrected chi connectivity index (χ1v) is 8.09. The van der Waals surface area contributed by atoms with E-state index in [-0.39, 0.29) is 36.6 Å². The molecular formula is C17H23ClF3N5O. The molecule has 2 aromatic heterocycles. The Bertz CT molecular complexity index is 779. The van der Waals surface area contributed by atoms with Gasteiger partial charge in [0.2, 0.25) is 0 Å². The van der Waals surface area contributed by atoms with E-state index in [0.29, 0.717) is 11.3 Å². The molecule has 0 saturated carbocycles. The van der Waals surface area contributed by atoms with Crippen LogP contribution in [0.25, 0.3) is 5.82 Å². The van der Waals surface area contributed by atoms with Gasteiger partial charge in [0.05, 0.1) is 23.0 Å². The predicted molar refractivity (Wildman–Crippen MR) is 98.3 cm³/mol. The van der Waals surface area contributed by atoms with Gasteiger partial charge in [0.1, 0.15) is 0 Å². The van der Waals surface area contributed by atoms with E-state index in [9.17, 15) is 18.0 Å². The fraction of sp³-hybridized carbons (Fsp3) is 0.471. The maximum atomic E-state index is 12.7. The van der Waals surface area contributed by atoms with Gasteiger partial charge >= 0.3 is 6.18 Å². The third kappa shape index (κ3) is 5.67. The van der Waals surface area contributed by atoms with Crippen LogP contribution in [0.1, 0.15) is 55.2 Å². The first-order chi connectivity index (χ1) is 11.9. The molecule has 27 heavy (non-hydrogen) atoms. The lowest BCUT2D eigenvalue weighted by Gasteiger charge is -2.19. The Balaban J connectivity index is 0.00000364. The standard InChI is InChI=1S/C17H22F3N5O.ClH/c1-10(2)14-12(15(26)23-9-16(3,4)21)8-24-25(14)13-6-5-11(7-22-13)17(18,19)20;/h5-8,10H,9,21H2,1-4H3,(H,23,26);1H. The van der Waals surface area contributed by atoms with E-state index >= 15 is 0 Å². The minimum atomic E-state index is -4.46. The van der Waals surface area contributed by atoms with Crippen molar-refractivity contribution in [3.05, 3.63) is 41.3 Å². The number of halogens is 4. The summed E-state index contributed by atoms with van der Waals surface area (Å²) in [6, 6.07) is 2.16. The van der Waals surface area contributed by atoms with Crippen LogP contribution in [-0.4, -0.2) is 32.8 Å². The highest BCUT2D eigenvalue weighted by Crippen LogP contribution is 2.29. The number of carbonyl (C=O) groups is 1. The maximum absolute atomic E-state index is 12.7. The largest absolute Gasteiger partial charge is 0.417 e. The number of alkyl halides is 3. The fourth-order valence-corrected chi connectivity index (χ4v) is 2.35. The van der Waals surface area contributed by atoms with Gasteiger partial charge in [0, 0.05) is 18.3 Å². The zero-order chi connectivity index (χ0) is 19.7. The molecule has 0 radical (unpaired) electrons. The first kappa shape index (κ1) is 22.9. The lowest BCUT2D eigenvalue weighted by Crippen LogP contribution is -2.45. The van der Waals surface area contributed by atoms with E-state index in [4.69, 9.17) is 5.73 Å². The van der Waals surface area contributed by atoms with Gasteiger partial charge in [-0.05, 0) is 31.9 Å². The number of carbonyl (C=O) groups excluding carboxylic acids is 1. The summed E-state index contributed by atoms with van der Waals surface area (Å²) in [6.07, 6.45) is -2.33. The molecule has 0 saturated heterocycles. The van der Waals surface area contributed by atoms with E-state index in [1.54, 1.807) is 13.8 Å². The Morgan fingerprint density at radius 1 is 1.26 bits per heavy atom. The van der Waals surface area contributed by atoms with Crippen molar-refractivity contribution in [2.24, 2.45) is 5.73 Å². The molecule has 2 heterocycles. The summed E-state index contributed by atoms with van der Waals surface area (Å²) in [5.41, 5.74) is 5.35. The quantitative estimate of drug-likeness (QED) is 0.799. The summed E-state index contributed by atoms with van der Waals surface area (Å²) in [5.74, 6) is -0.237. The molecule has 0 aliphatic heterocycles. The average molecular weight is 406 g/mol. The number of amides is 1. The van der Waals surface area contributed by atoms with Gasteiger partial charge in [0.15, 0.2) is 5.82 Å². The van der Waals surface area contributed by atoms with Crippen molar-refractivity contribution in [1.29, 1.82) is 0 Å². The van der Waals surface area contributed by atoms with Gasteiger partial charge < -0.3 is 11.1 Å². The minimum absolute atomic E-state index is 0. The van der Waals surface area contributed by atoms with Crippen LogP contribution in [0.5, 0.6) is 0 Å². The van der Waals surface area contributed by atoms with Gasteiger partial charge in [-0.25, -0.2) is 9.67 Å². The van der Waals surface area contributed by atoms with Crippen molar-refractivity contribution in [3.8, 4) is 5.82 Å². The van der Waals surface area contributed by atoms with E-state index in [0.717, 1.165) is 12.3 Å². The summed E-state index contributed by atoms with van der Waals surface area (Å²) >= 11 is 0. The molecule has 0 atom stereocenters. The summed E-state index contributed by atoms with van der Waals surface area (Å²) < 4.78 is 39.5. The molecule has 3 N–H and O–H groups in total. The number of rotatable bonds is 5. The van der Waals surface area contributed by atoms with Crippen LogP contribution in [-0.2, 0) is 6.18 Å². The van der Waals surface area contributed by atoms with Crippen molar-refractivity contribution >= 4 is 18.3 Å². The Morgan fingerprint density at radius 2 is 1.89 bits per heavy atom. The number of pyridine rings is 1. The topological polar surface area (TPSA) is 85.8 Å². The molecule has 2 aromatic rings. The maximum Gasteiger partial charge on any atom is 0.417 e. The average Bonchev–Trinajstić information content (AvgIpc) is 2.96. The number of hydrogen-bond acceptors (Lipinski definition) is 4. The van der Waals surface area contributed by atoms with Crippen molar-refractivity contribution in [2.45, 2.75) is 45.3 Å². The van der Waals surface area contributed by atoms with E-state index < -0.39 is 17.3 Å². The highest BCUT2D eigenvalue weighted by Gasteiger charge is 2.31. The fourth-order valence-electron chi connectivity index (χ4n) is 2.35. The van der Waals surface area contributed by atoms with Gasteiger partial charge in [-0.3, -0.25) is 4.79 Å². The van der Waals surface area contributed by atoms with Gasteiger partial charge in [-0.2, -0.15) is 18.3 Å². The predicted octanol–water partition coefficient (Wildman–Crippen LogP) is 3.30. The molecule has 0 fully saturated rings. The minimum Gasteiger partial charge on any atom is -0.350 e. The molecule has 0 bridgehead atoms. The number of nitrogens with zero attached hydrogens (tertiary/aromatic N) is 3. The zero-order valence-corrected chi connectivity index (χ0v) is 16.3. The third-order valence-corrected chi connectivity index (χ3v) is 3.59. The highest BCUT2D eigenvalue weighted by atomic mass is 35.5. The van der Waals surface area contributed by atoms with Crippen LogP contribution in [0.4, 0.5) is 13.2 Å². The number of nitrogens with one attached hydrogen (secondary N) is 1. The second-order valence-electron chi connectivity index (χ2n) is 7.08. The third-order valence-electron chi connectivity index (χ3n) is 3.59. The van der Waals surface area contributed by atoms with Crippen LogP contribution in [0.15, 0.2) is 24.5 Å². The van der Waals surface area contributed by atoms with Crippen molar-refractivity contribution < 1.29 is 18.0 Å². The molecule has 1 amide bonds. The van der Waals surface area contributed by atoms with Crippen molar-refractivity contribution in [3.63, 3.8) is 0 Å². The lowest BCUT2D eigenvalue weighted by atomic mass is 10.0. The van der Waals surface area contributed by atoms with Crippen LogP contribution < -0.4 is 11.1 Å². The number of hydrogen-bond donors (Lipinski definition) is 2. The summed E-state index contributed by atoms with van der Waals surface area (Å²) in [5, 5.41) is 6.89. The van der Waals surface area contributed by atoms with Crippen molar-refractivity contribution in [2.75, 3.05) is 6.54 Å². The Hall–Kier alpha value is -2.13. The van der Waals surface area contributed by atoms with E-state index in [2.05, 4.69) is 15.4 Å². The van der Waals surface area contributed by atoms with E-state index in [1.165, 1.54) is 16.9 Å². The second kappa shape index (κ2) is 8.26. The first-order valence-electron chi connectivity index (χ1n) is 8.09. The molecular weight excluding hydrogens is 383 g/mol. The van der Waals surface area contributed by atoms with Crippen LogP contribution in [0.2, 0.25) is 0 Å².